The fourth-order valence-electron chi connectivity index (χ4n) is 2.14. The van der Waals surface area contributed by atoms with Gasteiger partial charge in [0, 0.05) is 10.5 Å². The van der Waals surface area contributed by atoms with E-state index in [1.165, 1.54) is 11.1 Å². The van der Waals surface area contributed by atoms with Gasteiger partial charge in [0.1, 0.15) is 12.4 Å². The van der Waals surface area contributed by atoms with E-state index in [2.05, 4.69) is 28.6 Å². The average molecular weight is 282 g/mol. The van der Waals surface area contributed by atoms with Crippen molar-refractivity contribution < 1.29 is 4.74 Å². The maximum absolute atomic E-state index is 6.09. The van der Waals surface area contributed by atoms with Crippen LogP contribution in [0, 0.1) is 0 Å². The van der Waals surface area contributed by atoms with E-state index in [0.29, 0.717) is 6.61 Å². The molecule has 0 aromatic heterocycles. The van der Waals surface area contributed by atoms with Crippen LogP contribution in [-0.4, -0.2) is 6.61 Å². The van der Waals surface area contributed by atoms with Crippen LogP contribution in [0.5, 0.6) is 5.75 Å². The van der Waals surface area contributed by atoms with Crippen molar-refractivity contribution in [1.29, 1.82) is 0 Å². The molecule has 1 aliphatic carbocycles. The lowest BCUT2D eigenvalue weighted by molar-refractivity contribution is 0.353. The molecule has 0 aliphatic heterocycles. The zero-order valence-corrected chi connectivity index (χ0v) is 10.8. The highest BCUT2D eigenvalue weighted by Gasteiger charge is 2.19. The second-order valence-corrected chi connectivity index (χ2v) is 5.25. The van der Waals surface area contributed by atoms with Crippen LogP contribution >= 0.6 is 15.9 Å². The molecule has 0 saturated carbocycles. The van der Waals surface area contributed by atoms with Crippen LogP contribution < -0.4 is 10.5 Å². The molecule has 0 heterocycles. The maximum atomic E-state index is 6.09. The number of fused-ring (bicyclic) bond motifs is 1. The lowest BCUT2D eigenvalue weighted by Crippen LogP contribution is -2.18. The van der Waals surface area contributed by atoms with Crippen LogP contribution in [0.2, 0.25) is 0 Å². The van der Waals surface area contributed by atoms with Crippen molar-refractivity contribution >= 4 is 15.9 Å². The van der Waals surface area contributed by atoms with Gasteiger partial charge in [-0.05, 0) is 36.5 Å². The van der Waals surface area contributed by atoms with Crippen LogP contribution in [0.15, 0.2) is 29.3 Å². The topological polar surface area (TPSA) is 35.2 Å². The van der Waals surface area contributed by atoms with E-state index >= 15 is 0 Å². The summed E-state index contributed by atoms with van der Waals surface area (Å²) in [5, 5.41) is 0. The summed E-state index contributed by atoms with van der Waals surface area (Å²) in [5.74, 6) is 0.952. The first-order valence-electron chi connectivity index (χ1n) is 5.52. The predicted octanol–water partition coefficient (Wildman–Crippen LogP) is 3.31. The Morgan fingerprint density at radius 1 is 1.56 bits per heavy atom. The molecular weight excluding hydrogens is 266 g/mol. The molecule has 2 nitrogen and oxygen atoms in total. The van der Waals surface area contributed by atoms with Crippen LogP contribution in [0.1, 0.15) is 30.0 Å². The zero-order chi connectivity index (χ0) is 11.5. The first-order valence-corrected chi connectivity index (χ1v) is 6.31. The molecule has 2 N–H and O–H groups in total. The second-order valence-electron chi connectivity index (χ2n) is 4.13. The maximum Gasteiger partial charge on any atom is 0.123 e. The van der Waals surface area contributed by atoms with Crippen LogP contribution in [0.4, 0.5) is 0 Å². The fourth-order valence-corrected chi connectivity index (χ4v) is 2.26. The van der Waals surface area contributed by atoms with E-state index in [1.807, 2.05) is 12.1 Å². The Morgan fingerprint density at radius 2 is 2.38 bits per heavy atom. The molecule has 0 spiro atoms. The molecule has 1 aromatic rings. The van der Waals surface area contributed by atoms with Gasteiger partial charge < -0.3 is 10.5 Å². The molecule has 0 fully saturated rings. The molecule has 1 unspecified atom stereocenters. The highest BCUT2D eigenvalue weighted by Crippen LogP contribution is 2.34. The van der Waals surface area contributed by atoms with E-state index in [4.69, 9.17) is 10.5 Å². The minimum atomic E-state index is 0.166. The van der Waals surface area contributed by atoms with E-state index in [-0.39, 0.29) is 6.04 Å². The van der Waals surface area contributed by atoms with Crippen molar-refractivity contribution in [3.63, 3.8) is 0 Å². The second kappa shape index (κ2) is 5.02. The molecule has 2 rings (SSSR count). The minimum absolute atomic E-state index is 0.166. The van der Waals surface area contributed by atoms with E-state index in [9.17, 15) is 0 Å². The monoisotopic (exact) mass is 281 g/mol. The first-order chi connectivity index (χ1) is 7.68. The van der Waals surface area contributed by atoms with Gasteiger partial charge in [-0.1, -0.05) is 34.6 Å². The van der Waals surface area contributed by atoms with Crippen molar-refractivity contribution in [2.75, 3.05) is 6.61 Å². The minimum Gasteiger partial charge on any atom is -0.488 e. The van der Waals surface area contributed by atoms with E-state index in [1.54, 1.807) is 0 Å². The van der Waals surface area contributed by atoms with Gasteiger partial charge in [0.05, 0.1) is 0 Å². The SMILES string of the molecule is C=C(Br)COc1cccc2c1CCCC2N. The van der Waals surface area contributed by atoms with Gasteiger partial charge in [-0.25, -0.2) is 0 Å². The molecule has 3 heteroatoms. The van der Waals surface area contributed by atoms with Gasteiger partial charge in [0.2, 0.25) is 0 Å². The third-order valence-electron chi connectivity index (χ3n) is 2.89. The van der Waals surface area contributed by atoms with E-state index < -0.39 is 0 Å². The third kappa shape index (κ3) is 2.47. The Balaban J connectivity index is 2.25. The number of halogens is 1. The number of hydrogen-bond acceptors (Lipinski definition) is 2. The Kier molecular flexibility index (Phi) is 3.66. The van der Waals surface area contributed by atoms with Gasteiger partial charge in [-0.15, -0.1) is 0 Å². The molecule has 1 aliphatic rings. The van der Waals surface area contributed by atoms with Crippen LogP contribution in [0.3, 0.4) is 0 Å². The van der Waals surface area contributed by atoms with Crippen molar-refractivity contribution in [3.8, 4) is 5.75 Å². The highest BCUT2D eigenvalue weighted by atomic mass is 79.9. The van der Waals surface area contributed by atoms with Gasteiger partial charge in [0.25, 0.3) is 0 Å². The van der Waals surface area contributed by atoms with Crippen molar-refractivity contribution in [3.05, 3.63) is 40.4 Å². The predicted molar refractivity (Wildman–Crippen MR) is 69.9 cm³/mol. The molecule has 16 heavy (non-hydrogen) atoms. The summed E-state index contributed by atoms with van der Waals surface area (Å²) in [7, 11) is 0. The molecule has 0 radical (unpaired) electrons. The van der Waals surface area contributed by atoms with Gasteiger partial charge in [0.15, 0.2) is 0 Å². The normalized spacial score (nSPS) is 19.0. The Hall–Kier alpha value is -0.800. The summed E-state index contributed by atoms with van der Waals surface area (Å²) in [6, 6.07) is 6.29. The molecule has 86 valence electrons. The van der Waals surface area contributed by atoms with Crippen molar-refractivity contribution in [2.45, 2.75) is 25.3 Å². The number of hydrogen-bond donors (Lipinski definition) is 1. The Morgan fingerprint density at radius 3 is 3.12 bits per heavy atom. The fraction of sp³-hybridized carbons (Fsp3) is 0.385. The Bertz CT molecular complexity index is 403. The number of rotatable bonds is 3. The highest BCUT2D eigenvalue weighted by molar-refractivity contribution is 9.11. The smallest absolute Gasteiger partial charge is 0.123 e. The number of benzene rings is 1. The number of ether oxygens (including phenoxy) is 1. The summed E-state index contributed by atoms with van der Waals surface area (Å²) in [5.41, 5.74) is 8.60. The summed E-state index contributed by atoms with van der Waals surface area (Å²) in [6.45, 7) is 4.27. The van der Waals surface area contributed by atoms with Gasteiger partial charge >= 0.3 is 0 Å². The Labute approximate surface area is 105 Å². The summed E-state index contributed by atoms with van der Waals surface area (Å²) in [6.07, 6.45) is 3.28. The molecule has 1 atom stereocenters. The van der Waals surface area contributed by atoms with Crippen LogP contribution in [0.25, 0.3) is 0 Å². The van der Waals surface area contributed by atoms with Crippen molar-refractivity contribution in [1.82, 2.24) is 0 Å². The lowest BCUT2D eigenvalue weighted by Gasteiger charge is -2.24. The first kappa shape index (κ1) is 11.7. The quantitative estimate of drug-likeness (QED) is 0.923. The molecule has 0 saturated heterocycles. The average Bonchev–Trinajstić information content (AvgIpc) is 2.27. The standard InChI is InChI=1S/C13H16BrNO/c1-9(14)8-16-13-7-3-4-10-11(13)5-2-6-12(10)15/h3-4,7,12H,1-2,5-6,8,15H2. The summed E-state index contributed by atoms with van der Waals surface area (Å²) in [4.78, 5) is 0. The third-order valence-corrected chi connectivity index (χ3v) is 3.12. The van der Waals surface area contributed by atoms with Gasteiger partial charge in [-0.2, -0.15) is 0 Å². The summed E-state index contributed by atoms with van der Waals surface area (Å²) < 4.78 is 6.56. The molecule has 1 aromatic carbocycles. The lowest BCUT2D eigenvalue weighted by atomic mass is 9.88. The largest absolute Gasteiger partial charge is 0.488 e. The molecular formula is C13H16BrNO. The molecule has 0 amide bonds. The number of nitrogens with two attached hydrogens (primary N) is 1. The van der Waals surface area contributed by atoms with E-state index in [0.717, 1.165) is 29.5 Å². The van der Waals surface area contributed by atoms with Crippen LogP contribution in [-0.2, 0) is 6.42 Å². The van der Waals surface area contributed by atoms with Gasteiger partial charge in [-0.3, -0.25) is 0 Å². The zero-order valence-electron chi connectivity index (χ0n) is 9.21. The summed E-state index contributed by atoms with van der Waals surface area (Å²) >= 11 is 3.30. The molecule has 0 bridgehead atoms. The van der Waals surface area contributed by atoms with Crippen molar-refractivity contribution in [2.24, 2.45) is 5.73 Å².